The third-order valence-electron chi connectivity index (χ3n) is 3.48. The topological polar surface area (TPSA) is 55.4 Å². The van der Waals surface area contributed by atoms with Crippen LogP contribution in [0.4, 0.5) is 0 Å². The zero-order chi connectivity index (χ0) is 16.2. The number of fused-ring (bicyclic) bond motifs is 1. The first kappa shape index (κ1) is 17.7. The number of ether oxygens (including phenoxy) is 1. The van der Waals surface area contributed by atoms with Crippen LogP contribution in [0.5, 0.6) is 11.5 Å². The molecule has 1 atom stereocenters. The normalized spacial score (nSPS) is 21.1. The number of hydrogen-bond acceptors (Lipinski definition) is 6. The predicted molar refractivity (Wildman–Crippen MR) is 86.5 cm³/mol. The lowest BCUT2D eigenvalue weighted by atomic mass is 10.2. The lowest BCUT2D eigenvalue weighted by Gasteiger charge is -2.32. The molecule has 9 heteroatoms. The van der Waals surface area contributed by atoms with Crippen molar-refractivity contribution in [2.24, 2.45) is 0 Å². The van der Waals surface area contributed by atoms with Crippen LogP contribution in [0.2, 0.25) is 6.55 Å². The lowest BCUT2D eigenvalue weighted by molar-refractivity contribution is 0.100. The van der Waals surface area contributed by atoms with E-state index in [1.54, 1.807) is 21.3 Å². The largest absolute Gasteiger partial charge is 0.539 e. The van der Waals surface area contributed by atoms with Crippen LogP contribution in [0.1, 0.15) is 5.56 Å². The molecule has 0 radical (unpaired) electrons. The fourth-order valence-electron chi connectivity index (χ4n) is 2.01. The summed E-state index contributed by atoms with van der Waals surface area (Å²) in [6.45, 7) is 2.42. The Balaban J connectivity index is 2.07. The van der Waals surface area contributed by atoms with Crippen LogP contribution in [-0.4, -0.2) is 50.4 Å². The summed E-state index contributed by atoms with van der Waals surface area (Å²) in [6, 6.07) is 5.60. The molecule has 22 heavy (non-hydrogen) atoms. The van der Waals surface area contributed by atoms with E-state index in [0.29, 0.717) is 17.9 Å². The average Bonchev–Trinajstić information content (AvgIpc) is 2.57. The highest BCUT2D eigenvalue weighted by Gasteiger charge is 2.40. The molecule has 1 aliphatic heterocycles. The molecule has 0 fully saturated rings. The minimum atomic E-state index is -2.76. The maximum Gasteiger partial charge on any atom is 0.539 e. The molecule has 0 aliphatic carbocycles. The first-order valence-electron chi connectivity index (χ1n) is 6.80. The van der Waals surface area contributed by atoms with Crippen molar-refractivity contribution in [1.82, 2.24) is 0 Å². The highest BCUT2D eigenvalue weighted by molar-refractivity contribution is 6.74. The van der Waals surface area contributed by atoms with Crippen molar-refractivity contribution < 1.29 is 26.9 Å². The van der Waals surface area contributed by atoms with Crippen LogP contribution in [-0.2, 0) is 24.3 Å². The molecular formula is C13H21ClO6Si2. The SMILES string of the molecule is CO[Si](COc1ccc2c(c1)CO[Si](C)(CCl)O2)(OC)OC. The second-order valence-corrected chi connectivity index (χ2v) is 11.7. The summed E-state index contributed by atoms with van der Waals surface area (Å²) in [5.74, 6) is 1.49. The molecule has 1 heterocycles. The lowest BCUT2D eigenvalue weighted by Crippen LogP contribution is -2.49. The molecule has 1 aromatic carbocycles. The Morgan fingerprint density at radius 3 is 2.50 bits per heavy atom. The van der Waals surface area contributed by atoms with Gasteiger partial charge in [-0.05, 0) is 24.7 Å². The zero-order valence-corrected chi connectivity index (χ0v) is 15.9. The van der Waals surface area contributed by atoms with Gasteiger partial charge in [-0.2, -0.15) is 0 Å². The molecular weight excluding hydrogens is 344 g/mol. The van der Waals surface area contributed by atoms with Crippen molar-refractivity contribution in [1.29, 1.82) is 0 Å². The van der Waals surface area contributed by atoms with Gasteiger partial charge in [-0.15, -0.1) is 11.6 Å². The van der Waals surface area contributed by atoms with Crippen LogP contribution < -0.4 is 9.16 Å². The fourth-order valence-corrected chi connectivity index (χ4v) is 4.92. The second kappa shape index (κ2) is 7.30. The van der Waals surface area contributed by atoms with Gasteiger partial charge in [0.15, 0.2) is 6.23 Å². The highest BCUT2D eigenvalue weighted by Crippen LogP contribution is 2.32. The first-order valence-corrected chi connectivity index (χ1v) is 11.8. The fraction of sp³-hybridized carbons (Fsp3) is 0.538. The van der Waals surface area contributed by atoms with E-state index < -0.39 is 17.4 Å². The summed E-state index contributed by atoms with van der Waals surface area (Å²) in [5, 5.41) is 0. The van der Waals surface area contributed by atoms with E-state index in [1.807, 2.05) is 24.7 Å². The molecule has 1 aliphatic rings. The Labute approximate surface area is 137 Å². The van der Waals surface area contributed by atoms with Crippen molar-refractivity contribution in [2.45, 2.75) is 13.2 Å². The molecule has 6 nitrogen and oxygen atoms in total. The summed E-state index contributed by atoms with van der Waals surface area (Å²) in [7, 11) is -0.382. The van der Waals surface area contributed by atoms with E-state index in [1.165, 1.54) is 0 Å². The van der Waals surface area contributed by atoms with Crippen LogP contribution in [0, 0.1) is 0 Å². The van der Waals surface area contributed by atoms with Gasteiger partial charge in [0.05, 0.1) is 12.1 Å². The summed E-state index contributed by atoms with van der Waals surface area (Å²) in [5.41, 5.74) is 1.33. The van der Waals surface area contributed by atoms with Crippen molar-refractivity contribution in [3.05, 3.63) is 23.8 Å². The summed E-state index contributed by atoms with van der Waals surface area (Å²) in [4.78, 5) is 0. The third kappa shape index (κ3) is 3.83. The standard InChI is InChI=1S/C13H21ClO6Si2/c1-15-22(16-2,17-3)10-18-12-5-6-13-11(7-12)8-19-21(4,9-14)20-13/h5-7H,8-10H2,1-4H3. The first-order chi connectivity index (χ1) is 10.5. The molecule has 0 saturated carbocycles. The van der Waals surface area contributed by atoms with Gasteiger partial charge in [-0.25, -0.2) is 0 Å². The minimum Gasteiger partial charge on any atom is -0.519 e. The van der Waals surface area contributed by atoms with E-state index in [0.717, 1.165) is 11.3 Å². The number of hydrogen-bond donors (Lipinski definition) is 0. The van der Waals surface area contributed by atoms with Gasteiger partial charge in [-0.3, -0.25) is 0 Å². The summed E-state index contributed by atoms with van der Waals surface area (Å²) < 4.78 is 33.4. The second-order valence-electron chi connectivity index (χ2n) is 5.01. The smallest absolute Gasteiger partial charge is 0.519 e. The van der Waals surface area contributed by atoms with E-state index in [4.69, 9.17) is 38.5 Å². The van der Waals surface area contributed by atoms with Gasteiger partial charge < -0.3 is 26.9 Å². The number of alkyl halides is 1. The van der Waals surface area contributed by atoms with E-state index in [9.17, 15) is 0 Å². The van der Waals surface area contributed by atoms with Gasteiger partial charge in [-0.1, -0.05) is 0 Å². The molecule has 0 aromatic heterocycles. The average molecular weight is 365 g/mol. The molecule has 0 saturated heterocycles. The van der Waals surface area contributed by atoms with Gasteiger partial charge in [0.1, 0.15) is 11.5 Å². The quantitative estimate of drug-likeness (QED) is 0.546. The molecule has 2 rings (SSSR count). The molecule has 1 aromatic rings. The Hall–Kier alpha value is -0.616. The third-order valence-corrected chi connectivity index (χ3v) is 9.19. The van der Waals surface area contributed by atoms with Crippen molar-refractivity contribution in [3.63, 3.8) is 0 Å². The minimum absolute atomic E-state index is 0.227. The molecule has 0 spiro atoms. The van der Waals surface area contributed by atoms with Crippen molar-refractivity contribution >= 4 is 29.0 Å². The Morgan fingerprint density at radius 2 is 1.91 bits per heavy atom. The zero-order valence-electron chi connectivity index (χ0n) is 13.2. The molecule has 1 unspecified atom stereocenters. The Bertz CT molecular complexity index is 505. The molecule has 124 valence electrons. The highest BCUT2D eigenvalue weighted by atomic mass is 35.5. The van der Waals surface area contributed by atoms with E-state index in [-0.39, 0.29) is 6.23 Å². The van der Waals surface area contributed by atoms with Crippen LogP contribution >= 0.6 is 11.6 Å². The maximum absolute atomic E-state index is 5.92. The number of rotatable bonds is 7. The molecule has 0 N–H and O–H groups in total. The molecule has 0 amide bonds. The van der Waals surface area contributed by atoms with Crippen LogP contribution in [0.3, 0.4) is 0 Å². The van der Waals surface area contributed by atoms with Gasteiger partial charge in [0, 0.05) is 26.9 Å². The Morgan fingerprint density at radius 1 is 1.23 bits per heavy atom. The maximum atomic E-state index is 5.92. The Kier molecular flexibility index (Phi) is 5.89. The molecule has 0 bridgehead atoms. The summed E-state index contributed by atoms with van der Waals surface area (Å²) in [6.07, 6.45) is 0.227. The number of halogens is 1. The van der Waals surface area contributed by atoms with Gasteiger partial charge >= 0.3 is 17.4 Å². The summed E-state index contributed by atoms with van der Waals surface area (Å²) >= 11 is 5.92. The van der Waals surface area contributed by atoms with Crippen molar-refractivity contribution in [3.8, 4) is 11.5 Å². The van der Waals surface area contributed by atoms with Crippen LogP contribution in [0.15, 0.2) is 18.2 Å². The van der Waals surface area contributed by atoms with Gasteiger partial charge in [0.25, 0.3) is 0 Å². The van der Waals surface area contributed by atoms with E-state index in [2.05, 4.69) is 0 Å². The van der Waals surface area contributed by atoms with Crippen molar-refractivity contribution in [2.75, 3.05) is 33.1 Å². The monoisotopic (exact) mass is 364 g/mol. The van der Waals surface area contributed by atoms with Crippen LogP contribution in [0.25, 0.3) is 0 Å². The number of benzene rings is 1. The van der Waals surface area contributed by atoms with E-state index >= 15 is 0 Å². The van der Waals surface area contributed by atoms with Gasteiger partial charge in [0.2, 0.25) is 0 Å². The predicted octanol–water partition coefficient (Wildman–Crippen LogP) is 2.24.